The highest BCUT2D eigenvalue weighted by Crippen LogP contribution is 2.43. The van der Waals surface area contributed by atoms with Crippen LogP contribution in [0, 0.1) is 36.5 Å². The van der Waals surface area contributed by atoms with Crippen molar-refractivity contribution in [3.05, 3.63) is 121 Å². The number of carbonyl (C=O) groups excluding carboxylic acids is 8. The zero-order valence-electron chi connectivity index (χ0n) is 61.9. The number of hydrogen-bond donors (Lipinski definition) is 10. The number of aromatic hydroxyl groups is 1. The maximum atomic E-state index is 15.2. The zero-order valence-corrected chi connectivity index (χ0v) is 61.9. The first-order valence-corrected chi connectivity index (χ1v) is 35.9. The number of nitrogens with two attached hydrogens (primary N) is 1. The number of aromatic nitrogens is 1. The molecule has 11 atom stereocenters. The van der Waals surface area contributed by atoms with Crippen molar-refractivity contribution < 1.29 is 82.1 Å². The van der Waals surface area contributed by atoms with Crippen LogP contribution in [0.5, 0.6) is 11.5 Å². The van der Waals surface area contributed by atoms with Crippen molar-refractivity contribution in [3.63, 3.8) is 0 Å². The predicted octanol–water partition coefficient (Wildman–Crippen LogP) is 6.16. The Morgan fingerprint density at radius 3 is 2.20 bits per heavy atom. The maximum absolute atomic E-state index is 15.2. The highest BCUT2D eigenvalue weighted by atomic mass is 16.7. The first kappa shape index (κ1) is 79.9. The van der Waals surface area contributed by atoms with Gasteiger partial charge in [-0.25, -0.2) is 9.78 Å². The lowest BCUT2D eigenvalue weighted by Crippen LogP contribution is -2.54. The molecule has 4 aliphatic heterocycles. The quantitative estimate of drug-likeness (QED) is 0.0122. The molecule has 0 spiro atoms. The van der Waals surface area contributed by atoms with Gasteiger partial charge in [-0.05, 0) is 89.1 Å². The SMILES string of the molecule is CO[C@H]1/C=C/O[C@@]2(C)Oc3c(C)c(O)c4c(=O)c(c5oc6cc(N7CCC(N(C)Cc8ccc(NC(=O)[C@H](CCCNC(N)=O)NC(=O)[C@@H](NC(=O)CCCCCN9C(=O)C=CC9=O)C(C)C)cc8)CC7)cc(=O)c6nc5c4c3=C2O)NC(=O)/C(C)=C\C=C\[C@H](C)[C@H](O)[C@@H](C)[C@@H](O)[C@@H](C)[C@H](OC(C)=O)[C@@H]1C. The molecule has 5 heterocycles. The third-order valence-corrected chi connectivity index (χ3v) is 20.6. The Kier molecular flexibility index (Phi) is 25.9. The van der Waals surface area contributed by atoms with Crippen molar-refractivity contribution in [3.8, 4) is 11.5 Å². The number of nitrogens with one attached hydrogen (secondary N) is 5. The molecule has 1 aromatic heterocycles. The fourth-order valence-electron chi connectivity index (χ4n) is 14.2. The Bertz CT molecular complexity index is 4490. The van der Waals surface area contributed by atoms with E-state index in [1.165, 1.54) is 71.4 Å². The molecule has 4 bridgehead atoms. The lowest BCUT2D eigenvalue weighted by molar-refractivity contribution is -0.160. The maximum Gasteiger partial charge on any atom is 0.312 e. The number of rotatable bonds is 22. The molecule has 106 heavy (non-hydrogen) atoms. The van der Waals surface area contributed by atoms with Crippen LogP contribution in [0.4, 0.5) is 21.9 Å². The van der Waals surface area contributed by atoms with E-state index in [2.05, 4.69) is 31.5 Å². The van der Waals surface area contributed by atoms with Crippen molar-refractivity contribution >= 4 is 103 Å². The summed E-state index contributed by atoms with van der Waals surface area (Å²) in [5.41, 5.74) is 4.59. The van der Waals surface area contributed by atoms with E-state index in [9.17, 15) is 63.6 Å². The average molecular weight is 1470 g/mol. The summed E-state index contributed by atoms with van der Waals surface area (Å²) in [5.74, 6) is -10.0. The summed E-state index contributed by atoms with van der Waals surface area (Å²) in [5, 5.41) is 60.8. The van der Waals surface area contributed by atoms with E-state index in [-0.39, 0.29) is 112 Å². The number of nitrogens with zero attached hydrogens (tertiary/aromatic N) is 4. The molecule has 570 valence electrons. The number of fused-ring (bicyclic) bond motifs is 2. The van der Waals surface area contributed by atoms with Gasteiger partial charge < -0.3 is 81.0 Å². The minimum atomic E-state index is -2.05. The minimum absolute atomic E-state index is 0.00925. The van der Waals surface area contributed by atoms with Gasteiger partial charge in [0.25, 0.3) is 17.7 Å². The number of benzene rings is 4. The molecule has 9 rings (SSSR count). The number of esters is 1. The van der Waals surface area contributed by atoms with Crippen LogP contribution in [0.2, 0.25) is 0 Å². The van der Waals surface area contributed by atoms with Crippen molar-refractivity contribution in [1.29, 1.82) is 0 Å². The molecule has 29 heteroatoms. The molecule has 5 aromatic rings. The van der Waals surface area contributed by atoms with Gasteiger partial charge in [0.2, 0.25) is 28.6 Å². The number of piperidine rings is 1. The van der Waals surface area contributed by atoms with Gasteiger partial charge in [0, 0.05) is 142 Å². The lowest BCUT2D eigenvalue weighted by atomic mass is 9.78. The van der Waals surface area contributed by atoms with E-state index in [4.69, 9.17) is 34.1 Å². The summed E-state index contributed by atoms with van der Waals surface area (Å²) in [6, 6.07) is 7.60. The van der Waals surface area contributed by atoms with Gasteiger partial charge in [-0.2, -0.15) is 0 Å². The minimum Gasteiger partial charge on any atom is -0.507 e. The summed E-state index contributed by atoms with van der Waals surface area (Å²) in [6.45, 7) is 17.9. The summed E-state index contributed by atoms with van der Waals surface area (Å²) in [7, 11) is 3.43. The Morgan fingerprint density at radius 1 is 0.858 bits per heavy atom. The van der Waals surface area contributed by atoms with E-state index >= 15 is 4.79 Å². The number of ether oxygens (including phenoxy) is 4. The molecule has 0 radical (unpaired) electrons. The van der Waals surface area contributed by atoms with Crippen molar-refractivity contribution in [2.75, 3.05) is 55.9 Å². The van der Waals surface area contributed by atoms with Crippen LogP contribution in [0.15, 0.2) is 98.7 Å². The van der Waals surface area contributed by atoms with Crippen LogP contribution in [-0.4, -0.2) is 171 Å². The number of allylic oxidation sites excluding steroid dienone is 2. The van der Waals surface area contributed by atoms with Crippen LogP contribution in [0.25, 0.3) is 38.7 Å². The van der Waals surface area contributed by atoms with E-state index in [1.54, 1.807) is 71.9 Å². The number of methoxy groups -OCH3 is 1. The van der Waals surface area contributed by atoms with Gasteiger partial charge in [-0.3, -0.25) is 53.0 Å². The molecule has 4 aromatic carbocycles. The predicted molar refractivity (Wildman–Crippen MR) is 397 cm³/mol. The zero-order chi connectivity index (χ0) is 77.3. The van der Waals surface area contributed by atoms with E-state index in [1.807, 2.05) is 24.1 Å². The average Bonchev–Trinajstić information content (AvgIpc) is 1.42. The van der Waals surface area contributed by atoms with Gasteiger partial charge >= 0.3 is 17.8 Å². The number of urea groups is 1. The van der Waals surface area contributed by atoms with Crippen LogP contribution >= 0.6 is 0 Å². The third-order valence-electron chi connectivity index (χ3n) is 20.6. The second kappa shape index (κ2) is 34.3. The second-order valence-corrected chi connectivity index (χ2v) is 28.6. The summed E-state index contributed by atoms with van der Waals surface area (Å²) < 4.78 is 30.8. The van der Waals surface area contributed by atoms with Gasteiger partial charge in [-0.1, -0.05) is 78.3 Å². The number of phenolic OH excluding ortho intramolecular Hbond substituents is 1. The second-order valence-electron chi connectivity index (χ2n) is 28.6. The van der Waals surface area contributed by atoms with E-state index < -0.39 is 129 Å². The van der Waals surface area contributed by atoms with Crippen molar-refractivity contribution in [2.45, 2.75) is 175 Å². The highest BCUT2D eigenvalue weighted by Gasteiger charge is 2.45. The number of primary amides is 1. The standard InChI is InChI=1S/C77H98N10O19/c1-39(2)61(82-55(90)21-14-13-15-32-87-56(91)26-27-57(87)92)75(100)81-51(20-17-31-79-76(78)101)74(99)80-48-24-22-47(23-25-48)38-85(11)49-28-33-86(34-29-49)50-36-52(89)62-54(37-50)105-71-63(83-62)58-59-67(95)45(8)70-60(58)72(97)77(10,106-70)103-35-30-53(102-12)42(5)69(104-46(9)88)44(7)66(94)43(6)65(93)40(3)18-16-19-41(4)73(98)84-64(71)68(59)96/h16,18-19,22-27,30,35-37,39-40,42-44,49,51,53,61,65-66,69,93-95,97H,13-15,17,20-21,28-29,31-34,38H2,1-12H3,(H,80,99)(H,81,100)(H,82,90)(H,84,98)(H3,78,79,101)/b18-16+,35-30+,41-19-/t40-,42+,43+,44+,51-,53-,61-,65-,66+,69+,77-/m0/s1. The Morgan fingerprint density at radius 2 is 1.55 bits per heavy atom. The Labute approximate surface area is 613 Å². The molecule has 11 N–H and O–H groups in total. The molecule has 8 amide bonds. The molecule has 4 aliphatic rings. The first-order chi connectivity index (χ1) is 50.2. The molecule has 0 unspecified atom stereocenters. The van der Waals surface area contributed by atoms with Crippen molar-refractivity contribution in [1.82, 2.24) is 30.7 Å². The van der Waals surface area contributed by atoms with Crippen LogP contribution < -0.4 is 58.0 Å². The number of carbonyl (C=O) groups is 8. The lowest BCUT2D eigenvalue weighted by Gasteiger charge is -2.38. The fourth-order valence-corrected chi connectivity index (χ4v) is 14.2. The smallest absolute Gasteiger partial charge is 0.312 e. The number of amides is 8. The molecule has 0 saturated carbocycles. The normalized spacial score (nSPS) is 24.2. The number of aliphatic hydroxyl groups excluding tert-OH is 3. The number of phenols is 1. The van der Waals surface area contributed by atoms with Gasteiger partial charge in [0.15, 0.2) is 22.4 Å². The highest BCUT2D eigenvalue weighted by molar-refractivity contribution is 6.17. The summed E-state index contributed by atoms with van der Waals surface area (Å²) in [4.78, 5) is 143. The monoisotopic (exact) mass is 1470 g/mol. The largest absolute Gasteiger partial charge is 0.507 e. The number of hydrogen-bond acceptors (Lipinski definition) is 22. The number of imide groups is 1. The van der Waals surface area contributed by atoms with Crippen LogP contribution in [-0.2, 0) is 54.3 Å². The van der Waals surface area contributed by atoms with E-state index in [0.717, 1.165) is 10.5 Å². The van der Waals surface area contributed by atoms with E-state index in [0.29, 0.717) is 63.1 Å². The van der Waals surface area contributed by atoms with Crippen LogP contribution in [0.1, 0.15) is 125 Å². The Balaban J connectivity index is 0.931. The number of anilines is 3. The molecule has 1 saturated heterocycles. The Hall–Kier alpha value is -10.2. The molecular weight excluding hydrogens is 1370 g/mol. The van der Waals surface area contributed by atoms with Gasteiger partial charge in [-0.15, -0.1) is 0 Å². The number of aliphatic hydroxyl groups is 3. The fraction of sp³-hybridized carbons (Fsp3) is 0.494. The number of unbranched alkanes of at least 4 members (excludes halogenated alkanes) is 2. The molecule has 1 fully saturated rings. The molecule has 29 nitrogen and oxygen atoms in total. The first-order valence-electron chi connectivity index (χ1n) is 35.9. The topological polar surface area (TPSA) is 410 Å². The third kappa shape index (κ3) is 18.0. The molecule has 0 aliphatic carbocycles. The van der Waals surface area contributed by atoms with Gasteiger partial charge in [0.1, 0.15) is 40.9 Å². The van der Waals surface area contributed by atoms with Crippen LogP contribution in [0.3, 0.4) is 0 Å². The van der Waals surface area contributed by atoms with Gasteiger partial charge in [0.05, 0.1) is 35.2 Å². The summed E-state index contributed by atoms with van der Waals surface area (Å²) in [6.07, 6.45) is 9.04. The summed E-state index contributed by atoms with van der Waals surface area (Å²) >= 11 is 0. The van der Waals surface area contributed by atoms with Crippen molar-refractivity contribution in [2.24, 2.45) is 35.3 Å². The molecular formula is C77H98N10O19.